The third kappa shape index (κ3) is 6.11. The molecule has 0 aliphatic heterocycles. The van der Waals surface area contributed by atoms with Gasteiger partial charge in [-0.05, 0) is 82.1 Å². The average molecular weight is 623 g/mol. The molecule has 7 nitrogen and oxygen atoms in total. The van der Waals surface area contributed by atoms with Gasteiger partial charge >= 0.3 is 11.9 Å². The Bertz CT molecular complexity index is 2210. The number of carboxylic acids is 2. The number of benzene rings is 6. The summed E-state index contributed by atoms with van der Waals surface area (Å²) in [6.45, 7) is 3.66. The molecule has 6 rings (SSSR count). The fourth-order valence-electron chi connectivity index (χ4n) is 5.91. The van der Waals surface area contributed by atoms with Crippen LogP contribution in [-0.2, 0) is 6.42 Å². The van der Waals surface area contributed by atoms with Crippen LogP contribution >= 0.6 is 0 Å². The highest BCUT2D eigenvalue weighted by Gasteiger charge is 2.26. The molecule has 0 saturated heterocycles. The molecule has 232 valence electrons. The predicted octanol–water partition coefficient (Wildman–Crippen LogP) is 9.18. The van der Waals surface area contributed by atoms with Crippen molar-refractivity contribution in [1.29, 1.82) is 0 Å². The Labute approximate surface area is 270 Å². The van der Waals surface area contributed by atoms with Crippen LogP contribution in [0.3, 0.4) is 0 Å². The van der Waals surface area contributed by atoms with Crippen molar-refractivity contribution in [3.05, 3.63) is 143 Å². The summed E-state index contributed by atoms with van der Waals surface area (Å²) in [4.78, 5) is 52.0. The molecule has 0 heterocycles. The lowest BCUT2D eigenvalue weighted by molar-refractivity contribution is 0.0683. The first-order chi connectivity index (χ1) is 22.6. The Morgan fingerprint density at radius 3 is 1.87 bits per heavy atom. The van der Waals surface area contributed by atoms with E-state index in [1.165, 1.54) is 12.1 Å². The lowest BCUT2D eigenvalue weighted by Gasteiger charge is -2.18. The van der Waals surface area contributed by atoms with Crippen LogP contribution in [0.25, 0.3) is 32.7 Å². The van der Waals surface area contributed by atoms with Crippen LogP contribution in [0.2, 0.25) is 0 Å². The zero-order valence-electron chi connectivity index (χ0n) is 25.7. The van der Waals surface area contributed by atoms with E-state index in [1.807, 2.05) is 43.3 Å². The summed E-state index contributed by atoms with van der Waals surface area (Å²) in [5, 5.41) is 22.6. The number of carbonyl (C=O) groups excluding carboxylic acids is 2. The van der Waals surface area contributed by atoms with Crippen molar-refractivity contribution in [3.63, 3.8) is 0 Å². The molecule has 0 aromatic heterocycles. The van der Waals surface area contributed by atoms with Gasteiger partial charge < -0.3 is 14.9 Å². The van der Waals surface area contributed by atoms with Gasteiger partial charge in [0.15, 0.2) is 11.6 Å². The molecule has 7 heteroatoms. The van der Waals surface area contributed by atoms with E-state index in [0.29, 0.717) is 49.7 Å². The lowest BCUT2D eigenvalue weighted by Crippen LogP contribution is -2.12. The number of hydrogen-bond donors (Lipinski definition) is 2. The molecule has 0 amide bonds. The lowest BCUT2D eigenvalue weighted by atomic mass is 9.84. The summed E-state index contributed by atoms with van der Waals surface area (Å²) in [5.41, 5.74) is 2.58. The van der Waals surface area contributed by atoms with Gasteiger partial charge in [-0.2, -0.15) is 0 Å². The average Bonchev–Trinajstić information content (AvgIpc) is 3.08. The van der Waals surface area contributed by atoms with Gasteiger partial charge in [0.25, 0.3) is 0 Å². The zero-order valence-corrected chi connectivity index (χ0v) is 25.7. The minimum absolute atomic E-state index is 0.0134. The van der Waals surface area contributed by atoms with Crippen molar-refractivity contribution in [2.45, 2.75) is 26.7 Å². The molecule has 0 aliphatic rings. The first-order valence-corrected chi connectivity index (χ1v) is 15.1. The van der Waals surface area contributed by atoms with Gasteiger partial charge in [0, 0.05) is 29.5 Å². The molecule has 0 atom stereocenters. The number of fused-ring (bicyclic) bond motifs is 2. The number of ketones is 2. The fourth-order valence-corrected chi connectivity index (χ4v) is 5.91. The van der Waals surface area contributed by atoms with E-state index in [-0.39, 0.29) is 40.9 Å². The van der Waals surface area contributed by atoms with Gasteiger partial charge in [-0.15, -0.1) is 0 Å². The molecule has 0 fully saturated rings. The van der Waals surface area contributed by atoms with E-state index < -0.39 is 17.7 Å². The highest BCUT2D eigenvalue weighted by Crippen LogP contribution is 2.40. The number of aromatic carboxylic acids is 2. The highest BCUT2D eigenvalue weighted by molar-refractivity contribution is 6.20. The summed E-state index contributed by atoms with van der Waals surface area (Å²) in [6, 6.07) is 31.6. The van der Waals surface area contributed by atoms with E-state index in [4.69, 9.17) is 4.74 Å². The van der Waals surface area contributed by atoms with Crippen molar-refractivity contribution >= 4 is 45.0 Å². The summed E-state index contributed by atoms with van der Waals surface area (Å²) >= 11 is 0. The number of hydrogen-bond acceptors (Lipinski definition) is 5. The number of carboxylic acid groups (broad SMARTS) is 2. The third-order valence-electron chi connectivity index (χ3n) is 8.24. The minimum atomic E-state index is -1.25. The normalized spacial score (nSPS) is 11.0. The maximum Gasteiger partial charge on any atom is 0.336 e. The van der Waals surface area contributed by atoms with E-state index in [1.54, 1.807) is 67.6 Å². The second-order valence-corrected chi connectivity index (χ2v) is 11.4. The Hall–Kier alpha value is -6.08. The Morgan fingerprint density at radius 2 is 1.21 bits per heavy atom. The van der Waals surface area contributed by atoms with Gasteiger partial charge in [-0.25, -0.2) is 9.59 Å². The van der Waals surface area contributed by atoms with Crippen LogP contribution in [0.15, 0.2) is 109 Å². The molecule has 0 bridgehead atoms. The van der Waals surface area contributed by atoms with Crippen LogP contribution in [0.4, 0.5) is 0 Å². The van der Waals surface area contributed by atoms with Crippen molar-refractivity contribution in [2.75, 3.05) is 0 Å². The second kappa shape index (κ2) is 12.7. The van der Waals surface area contributed by atoms with Gasteiger partial charge in [0.1, 0.15) is 11.5 Å². The predicted molar refractivity (Wildman–Crippen MR) is 181 cm³/mol. The van der Waals surface area contributed by atoms with Crippen LogP contribution in [0, 0.1) is 6.92 Å². The standard InChI is InChI=1S/C40H30O7/c1-3-35(41)38-34(40(45)46)21-25-7-4-5-9-29(25)37(38)30-10-6-8-26-20-33(39(43)44)32(22-31(26)30)36(42)19-24-13-17-28(18-14-24)47-27-15-11-23(2)12-16-27/h4-18,20-22H,3,19H2,1-2H3,(H,43,44)(H,45,46). The summed E-state index contributed by atoms with van der Waals surface area (Å²) in [6.07, 6.45) is 0.0217. The molecule has 0 spiro atoms. The van der Waals surface area contributed by atoms with E-state index in [9.17, 15) is 29.4 Å². The molecule has 47 heavy (non-hydrogen) atoms. The van der Waals surface area contributed by atoms with Crippen LogP contribution in [0.5, 0.6) is 11.5 Å². The maximum absolute atomic E-state index is 13.8. The number of Topliss-reactive ketones (excluding diaryl/α,β-unsaturated/α-hetero) is 2. The van der Waals surface area contributed by atoms with Gasteiger partial charge in [0.2, 0.25) is 0 Å². The zero-order chi connectivity index (χ0) is 33.2. The third-order valence-corrected chi connectivity index (χ3v) is 8.24. The molecule has 0 radical (unpaired) electrons. The van der Waals surface area contributed by atoms with E-state index in [2.05, 4.69) is 0 Å². The van der Waals surface area contributed by atoms with E-state index in [0.717, 1.165) is 5.56 Å². The van der Waals surface area contributed by atoms with Gasteiger partial charge in [-0.1, -0.05) is 79.2 Å². The molecular weight excluding hydrogens is 592 g/mol. The smallest absolute Gasteiger partial charge is 0.336 e. The van der Waals surface area contributed by atoms with Crippen molar-refractivity contribution in [1.82, 2.24) is 0 Å². The number of ether oxygens (including phenoxy) is 1. The summed E-state index contributed by atoms with van der Waals surface area (Å²) in [5.74, 6) is -1.94. The molecule has 0 unspecified atom stereocenters. The van der Waals surface area contributed by atoms with Crippen molar-refractivity contribution < 1.29 is 34.1 Å². The van der Waals surface area contributed by atoms with Crippen LogP contribution in [-0.4, -0.2) is 33.7 Å². The number of rotatable bonds is 10. The van der Waals surface area contributed by atoms with E-state index >= 15 is 0 Å². The topological polar surface area (TPSA) is 118 Å². The maximum atomic E-state index is 13.8. The Balaban J connectivity index is 1.46. The van der Waals surface area contributed by atoms with Gasteiger partial charge in [0.05, 0.1) is 11.1 Å². The molecular formula is C40H30O7. The fraction of sp³-hybridized carbons (Fsp3) is 0.100. The summed E-state index contributed by atoms with van der Waals surface area (Å²) < 4.78 is 5.90. The quantitative estimate of drug-likeness (QED) is 0.146. The molecule has 6 aromatic carbocycles. The molecule has 2 N–H and O–H groups in total. The van der Waals surface area contributed by atoms with Crippen molar-refractivity contribution in [2.24, 2.45) is 0 Å². The van der Waals surface area contributed by atoms with Crippen molar-refractivity contribution in [3.8, 4) is 22.6 Å². The molecule has 0 saturated carbocycles. The summed E-state index contributed by atoms with van der Waals surface area (Å²) in [7, 11) is 0. The van der Waals surface area contributed by atoms with Crippen LogP contribution in [0.1, 0.15) is 65.9 Å². The first kappa shape index (κ1) is 30.9. The number of carbonyl (C=O) groups is 4. The monoisotopic (exact) mass is 622 g/mol. The SMILES string of the molecule is CCC(=O)c1c(C(=O)O)cc2ccccc2c1-c1cccc2cc(C(=O)O)c(C(=O)Cc3ccc(Oc4ccc(C)cc4)cc3)cc12. The second-order valence-electron chi connectivity index (χ2n) is 11.4. The number of aryl methyl sites for hydroxylation is 1. The van der Waals surface area contributed by atoms with Gasteiger partial charge in [-0.3, -0.25) is 9.59 Å². The first-order valence-electron chi connectivity index (χ1n) is 15.1. The highest BCUT2D eigenvalue weighted by atomic mass is 16.5. The largest absolute Gasteiger partial charge is 0.478 e. The molecule has 0 aliphatic carbocycles. The Morgan fingerprint density at radius 1 is 0.617 bits per heavy atom. The van der Waals surface area contributed by atoms with Crippen LogP contribution < -0.4 is 4.74 Å². The Kier molecular flexibility index (Phi) is 8.38. The minimum Gasteiger partial charge on any atom is -0.478 e. The molecule has 6 aromatic rings.